The molecule has 1 aromatic carbocycles. The number of rotatable bonds is 6. The van der Waals surface area contributed by atoms with Crippen LogP contribution in [0.1, 0.15) is 16.8 Å². The second-order valence-corrected chi connectivity index (χ2v) is 5.01. The number of nitrogens with one attached hydrogen (secondary N) is 2. The number of carbonyl (C=O) groups excluding carboxylic acids is 3. The van der Waals surface area contributed by atoms with E-state index in [1.807, 2.05) is 0 Å². The molecule has 1 fully saturated rings. The minimum absolute atomic E-state index is 0.152. The summed E-state index contributed by atoms with van der Waals surface area (Å²) in [4.78, 5) is 35.5. The molecule has 2 amide bonds. The molecule has 0 bridgehead atoms. The molecule has 22 heavy (non-hydrogen) atoms. The molecular formula is C16H18N2O4. The van der Waals surface area contributed by atoms with Crippen molar-refractivity contribution in [3.63, 3.8) is 0 Å². The van der Waals surface area contributed by atoms with Gasteiger partial charge in [-0.05, 0) is 18.6 Å². The van der Waals surface area contributed by atoms with Crippen LogP contribution in [0.25, 0.3) is 0 Å². The smallest absolute Gasteiger partial charge is 0.339 e. The van der Waals surface area contributed by atoms with E-state index >= 15 is 0 Å². The lowest BCUT2D eigenvalue weighted by Crippen LogP contribution is -2.27. The average molecular weight is 302 g/mol. The molecule has 0 spiro atoms. The third kappa shape index (κ3) is 3.52. The van der Waals surface area contributed by atoms with E-state index in [-0.39, 0.29) is 29.2 Å². The van der Waals surface area contributed by atoms with E-state index in [1.54, 1.807) is 30.3 Å². The fraction of sp³-hybridized carbons (Fsp3) is 0.312. The number of methoxy groups -OCH3 is 1. The summed E-state index contributed by atoms with van der Waals surface area (Å²) < 4.78 is 4.67. The van der Waals surface area contributed by atoms with E-state index in [0.717, 1.165) is 0 Å². The molecule has 1 aliphatic rings. The molecule has 1 aliphatic carbocycles. The number of ether oxygens (including phenoxy) is 1. The van der Waals surface area contributed by atoms with Crippen LogP contribution in [-0.4, -0.2) is 31.4 Å². The number of hydrogen-bond donors (Lipinski definition) is 2. The molecule has 0 heterocycles. The molecule has 2 unspecified atom stereocenters. The Labute approximate surface area is 128 Å². The zero-order valence-corrected chi connectivity index (χ0v) is 12.3. The van der Waals surface area contributed by atoms with Crippen LogP contribution in [0.4, 0.5) is 5.69 Å². The van der Waals surface area contributed by atoms with Gasteiger partial charge in [-0.1, -0.05) is 18.2 Å². The molecule has 0 saturated heterocycles. The molecular weight excluding hydrogens is 284 g/mol. The first-order valence-corrected chi connectivity index (χ1v) is 6.95. The lowest BCUT2D eigenvalue weighted by molar-refractivity contribution is -0.125. The quantitative estimate of drug-likeness (QED) is 0.613. The van der Waals surface area contributed by atoms with Gasteiger partial charge in [0, 0.05) is 6.54 Å². The van der Waals surface area contributed by atoms with Crippen LogP contribution in [0, 0.1) is 11.8 Å². The highest BCUT2D eigenvalue weighted by atomic mass is 16.5. The van der Waals surface area contributed by atoms with Gasteiger partial charge in [0.15, 0.2) is 0 Å². The zero-order valence-electron chi connectivity index (χ0n) is 12.3. The number of amides is 2. The number of benzene rings is 1. The van der Waals surface area contributed by atoms with Crippen molar-refractivity contribution in [1.29, 1.82) is 0 Å². The highest BCUT2D eigenvalue weighted by molar-refractivity contribution is 6.04. The first kappa shape index (κ1) is 15.8. The van der Waals surface area contributed by atoms with Gasteiger partial charge in [0.1, 0.15) is 0 Å². The topological polar surface area (TPSA) is 84.5 Å². The van der Waals surface area contributed by atoms with Gasteiger partial charge in [-0.25, -0.2) is 4.79 Å². The Hall–Kier alpha value is -2.63. The SMILES string of the molecule is C=CCNC(=O)C1CC1C(=O)Nc1ccccc1C(=O)OC. The first-order chi connectivity index (χ1) is 10.6. The van der Waals surface area contributed by atoms with Gasteiger partial charge >= 0.3 is 5.97 Å². The van der Waals surface area contributed by atoms with Crippen molar-refractivity contribution in [1.82, 2.24) is 5.32 Å². The second kappa shape index (κ2) is 6.89. The molecule has 0 aliphatic heterocycles. The number of carbonyl (C=O) groups is 3. The van der Waals surface area contributed by atoms with Gasteiger partial charge in [0.2, 0.25) is 11.8 Å². The van der Waals surface area contributed by atoms with Gasteiger partial charge < -0.3 is 15.4 Å². The lowest BCUT2D eigenvalue weighted by atomic mass is 10.1. The summed E-state index contributed by atoms with van der Waals surface area (Å²) in [5, 5.41) is 5.36. The Morgan fingerprint density at radius 3 is 2.64 bits per heavy atom. The molecule has 6 heteroatoms. The van der Waals surface area contributed by atoms with Crippen molar-refractivity contribution >= 4 is 23.5 Å². The van der Waals surface area contributed by atoms with E-state index in [4.69, 9.17) is 0 Å². The fourth-order valence-electron chi connectivity index (χ4n) is 2.18. The number of para-hydroxylation sites is 1. The van der Waals surface area contributed by atoms with E-state index in [1.165, 1.54) is 7.11 Å². The number of anilines is 1. The maximum Gasteiger partial charge on any atom is 0.339 e. The maximum absolute atomic E-state index is 12.2. The van der Waals surface area contributed by atoms with Crippen LogP contribution in [0.2, 0.25) is 0 Å². The molecule has 116 valence electrons. The molecule has 2 atom stereocenters. The van der Waals surface area contributed by atoms with Crippen LogP contribution in [0.3, 0.4) is 0 Å². The number of esters is 1. The van der Waals surface area contributed by atoms with Gasteiger partial charge in [-0.3, -0.25) is 9.59 Å². The summed E-state index contributed by atoms with van der Waals surface area (Å²) in [6.07, 6.45) is 2.09. The highest BCUT2D eigenvalue weighted by Crippen LogP contribution is 2.39. The Kier molecular flexibility index (Phi) is 4.93. The summed E-state index contributed by atoms with van der Waals surface area (Å²) in [5.74, 6) is -1.62. The maximum atomic E-state index is 12.2. The monoisotopic (exact) mass is 302 g/mol. The van der Waals surface area contributed by atoms with Crippen LogP contribution < -0.4 is 10.6 Å². The predicted molar refractivity (Wildman–Crippen MR) is 81.2 cm³/mol. The molecule has 0 radical (unpaired) electrons. The summed E-state index contributed by atoms with van der Waals surface area (Å²) in [7, 11) is 1.28. The fourth-order valence-corrected chi connectivity index (χ4v) is 2.18. The van der Waals surface area contributed by atoms with Crippen LogP contribution in [0.5, 0.6) is 0 Å². The molecule has 1 aromatic rings. The van der Waals surface area contributed by atoms with Crippen molar-refractivity contribution in [2.24, 2.45) is 11.8 Å². The lowest BCUT2D eigenvalue weighted by Gasteiger charge is -2.09. The molecule has 2 rings (SSSR count). The third-order valence-corrected chi connectivity index (χ3v) is 3.47. The van der Waals surface area contributed by atoms with Crippen molar-refractivity contribution in [3.05, 3.63) is 42.5 Å². The van der Waals surface area contributed by atoms with Crippen LogP contribution in [-0.2, 0) is 14.3 Å². The van der Waals surface area contributed by atoms with E-state index < -0.39 is 5.97 Å². The van der Waals surface area contributed by atoms with Gasteiger partial charge in [-0.2, -0.15) is 0 Å². The second-order valence-electron chi connectivity index (χ2n) is 5.01. The molecule has 1 saturated carbocycles. The summed E-state index contributed by atoms with van der Waals surface area (Å²) in [6, 6.07) is 6.59. The Balaban J connectivity index is 1.98. The standard InChI is InChI=1S/C16H18N2O4/c1-3-8-17-14(19)11-9-12(11)15(20)18-13-7-5-4-6-10(13)16(21)22-2/h3-7,11-12H,1,8-9H2,2H3,(H,17,19)(H,18,20). The van der Waals surface area contributed by atoms with E-state index in [0.29, 0.717) is 18.7 Å². The molecule has 6 nitrogen and oxygen atoms in total. The molecule has 0 aromatic heterocycles. The Bertz CT molecular complexity index is 612. The van der Waals surface area contributed by atoms with Crippen LogP contribution >= 0.6 is 0 Å². The largest absolute Gasteiger partial charge is 0.465 e. The zero-order chi connectivity index (χ0) is 16.1. The summed E-state index contributed by atoms with van der Waals surface area (Å²) in [6.45, 7) is 3.90. The van der Waals surface area contributed by atoms with Gasteiger partial charge in [0.25, 0.3) is 0 Å². The van der Waals surface area contributed by atoms with Crippen molar-refractivity contribution < 1.29 is 19.1 Å². The molecule has 2 N–H and O–H groups in total. The third-order valence-electron chi connectivity index (χ3n) is 3.47. The Morgan fingerprint density at radius 1 is 1.27 bits per heavy atom. The Morgan fingerprint density at radius 2 is 1.95 bits per heavy atom. The summed E-state index contributed by atoms with van der Waals surface area (Å²) >= 11 is 0. The van der Waals surface area contributed by atoms with Crippen LogP contribution in [0.15, 0.2) is 36.9 Å². The highest BCUT2D eigenvalue weighted by Gasteiger charge is 2.47. The predicted octanol–water partition coefficient (Wildman–Crippen LogP) is 1.35. The van der Waals surface area contributed by atoms with Crippen molar-refractivity contribution in [2.45, 2.75) is 6.42 Å². The van der Waals surface area contributed by atoms with E-state index in [2.05, 4.69) is 21.9 Å². The van der Waals surface area contributed by atoms with Gasteiger partial charge in [0.05, 0.1) is 30.2 Å². The van der Waals surface area contributed by atoms with Crippen molar-refractivity contribution in [3.8, 4) is 0 Å². The minimum atomic E-state index is -0.521. The summed E-state index contributed by atoms with van der Waals surface area (Å²) in [5.41, 5.74) is 0.670. The first-order valence-electron chi connectivity index (χ1n) is 6.95. The van der Waals surface area contributed by atoms with Gasteiger partial charge in [-0.15, -0.1) is 6.58 Å². The van der Waals surface area contributed by atoms with E-state index in [9.17, 15) is 14.4 Å². The minimum Gasteiger partial charge on any atom is -0.465 e. The normalized spacial score (nSPS) is 19.0. The number of hydrogen-bond acceptors (Lipinski definition) is 4. The average Bonchev–Trinajstić information content (AvgIpc) is 3.33. The van der Waals surface area contributed by atoms with Crippen molar-refractivity contribution in [2.75, 3.05) is 19.0 Å².